The molecule has 0 saturated carbocycles. The van der Waals surface area contributed by atoms with Crippen molar-refractivity contribution in [2.24, 2.45) is 0 Å². The Morgan fingerprint density at radius 1 is 0.767 bits per heavy atom. The first-order valence-electron chi connectivity index (χ1n) is 10.2. The Bertz CT molecular complexity index is 1100. The van der Waals surface area contributed by atoms with Crippen LogP contribution in [0.4, 0.5) is 11.4 Å². The number of benzene rings is 3. The fourth-order valence-corrected chi connectivity index (χ4v) is 3.96. The Morgan fingerprint density at radius 2 is 1.37 bits per heavy atom. The summed E-state index contributed by atoms with van der Waals surface area (Å²) < 4.78 is 0. The lowest BCUT2D eigenvalue weighted by Gasteiger charge is -2.41. The van der Waals surface area contributed by atoms with E-state index in [1.807, 2.05) is 94.4 Å². The zero-order chi connectivity index (χ0) is 21.4. The van der Waals surface area contributed by atoms with E-state index in [4.69, 9.17) is 0 Å². The van der Waals surface area contributed by atoms with Crippen LogP contribution in [0, 0.1) is 27.7 Å². The number of carbonyl (C=O) groups is 2. The monoisotopic (exact) mass is 398 g/mol. The van der Waals surface area contributed by atoms with Gasteiger partial charge in [0.2, 0.25) is 5.91 Å². The van der Waals surface area contributed by atoms with Crippen LogP contribution in [0.15, 0.2) is 66.7 Å². The number of rotatable bonds is 3. The number of aryl methyl sites for hydroxylation is 3. The van der Waals surface area contributed by atoms with E-state index in [9.17, 15) is 9.59 Å². The third kappa shape index (κ3) is 3.50. The lowest BCUT2D eigenvalue weighted by atomic mass is 9.97. The molecule has 4 heteroatoms. The molecule has 4 rings (SSSR count). The largest absolute Gasteiger partial charge is 0.301 e. The van der Waals surface area contributed by atoms with Crippen LogP contribution in [0.25, 0.3) is 0 Å². The van der Waals surface area contributed by atoms with Crippen LogP contribution in [0.5, 0.6) is 0 Å². The van der Waals surface area contributed by atoms with E-state index in [2.05, 4.69) is 0 Å². The minimum atomic E-state index is -0.700. The van der Waals surface area contributed by atoms with Crippen LogP contribution < -0.4 is 9.80 Å². The summed E-state index contributed by atoms with van der Waals surface area (Å²) in [5, 5.41) is 0. The molecule has 2 amide bonds. The van der Waals surface area contributed by atoms with Crippen molar-refractivity contribution in [3.05, 3.63) is 94.5 Å². The number of hydrogen-bond donors (Lipinski definition) is 0. The molecule has 0 unspecified atom stereocenters. The summed E-state index contributed by atoms with van der Waals surface area (Å²) in [6, 6.07) is 20.8. The number of anilines is 2. The number of piperazine rings is 1. The molecule has 152 valence electrons. The highest BCUT2D eigenvalue weighted by Gasteiger charge is 2.42. The molecule has 1 saturated heterocycles. The fourth-order valence-electron chi connectivity index (χ4n) is 3.96. The van der Waals surface area contributed by atoms with Crippen LogP contribution in [-0.2, 0) is 9.59 Å². The molecule has 0 N–H and O–H groups in total. The molecule has 0 spiro atoms. The lowest BCUT2D eigenvalue weighted by Crippen LogP contribution is -2.56. The first-order chi connectivity index (χ1) is 14.4. The van der Waals surface area contributed by atoms with Crippen LogP contribution >= 0.6 is 0 Å². The molecule has 30 heavy (non-hydrogen) atoms. The molecular formula is C26H26N2O2. The highest BCUT2D eigenvalue weighted by atomic mass is 16.2. The molecule has 1 atom stereocenters. The summed E-state index contributed by atoms with van der Waals surface area (Å²) in [5.74, 6) is -0.183. The van der Waals surface area contributed by atoms with Gasteiger partial charge in [-0.1, -0.05) is 59.7 Å². The summed E-state index contributed by atoms with van der Waals surface area (Å²) in [6.07, 6.45) is 0. The van der Waals surface area contributed by atoms with Gasteiger partial charge in [-0.05, 0) is 62.6 Å². The van der Waals surface area contributed by atoms with E-state index in [0.717, 1.165) is 39.2 Å². The summed E-state index contributed by atoms with van der Waals surface area (Å²) in [7, 11) is 0. The zero-order valence-electron chi connectivity index (χ0n) is 17.8. The number of nitrogens with zero attached hydrogens (tertiary/aromatic N) is 2. The average Bonchev–Trinajstić information content (AvgIpc) is 2.73. The van der Waals surface area contributed by atoms with Crippen molar-refractivity contribution >= 4 is 23.2 Å². The molecule has 0 aromatic heterocycles. The third-order valence-electron chi connectivity index (χ3n) is 5.89. The zero-order valence-corrected chi connectivity index (χ0v) is 17.8. The second kappa shape index (κ2) is 7.79. The normalized spacial score (nSPS) is 16.9. The molecule has 1 heterocycles. The van der Waals surface area contributed by atoms with E-state index in [-0.39, 0.29) is 18.4 Å². The van der Waals surface area contributed by atoms with Crippen molar-refractivity contribution in [2.45, 2.75) is 33.7 Å². The van der Waals surface area contributed by atoms with Gasteiger partial charge in [0, 0.05) is 11.4 Å². The molecule has 0 bridgehead atoms. The Hall–Kier alpha value is -3.40. The molecular weight excluding hydrogens is 372 g/mol. The van der Waals surface area contributed by atoms with Crippen molar-refractivity contribution in [2.75, 3.05) is 16.3 Å². The van der Waals surface area contributed by atoms with E-state index in [1.54, 1.807) is 9.80 Å². The highest BCUT2D eigenvalue weighted by Crippen LogP contribution is 2.36. The maximum Gasteiger partial charge on any atom is 0.255 e. The van der Waals surface area contributed by atoms with Crippen molar-refractivity contribution in [3.8, 4) is 0 Å². The maximum absolute atomic E-state index is 13.8. The highest BCUT2D eigenvalue weighted by molar-refractivity contribution is 6.14. The van der Waals surface area contributed by atoms with Gasteiger partial charge in [0.05, 0.1) is 0 Å². The number of carbonyl (C=O) groups excluding carboxylic acids is 2. The minimum Gasteiger partial charge on any atom is -0.301 e. The van der Waals surface area contributed by atoms with E-state index in [0.29, 0.717) is 0 Å². The quantitative estimate of drug-likeness (QED) is 0.620. The van der Waals surface area contributed by atoms with Crippen molar-refractivity contribution in [1.82, 2.24) is 0 Å². The Kier molecular flexibility index (Phi) is 5.17. The Morgan fingerprint density at radius 3 is 2.00 bits per heavy atom. The van der Waals surface area contributed by atoms with Gasteiger partial charge >= 0.3 is 0 Å². The van der Waals surface area contributed by atoms with Crippen LogP contribution in [0.1, 0.15) is 33.9 Å². The summed E-state index contributed by atoms with van der Waals surface area (Å²) in [4.78, 5) is 30.5. The summed E-state index contributed by atoms with van der Waals surface area (Å²) in [6.45, 7) is 8.06. The molecule has 1 fully saturated rings. The molecule has 1 aliphatic heterocycles. The van der Waals surface area contributed by atoms with Gasteiger partial charge < -0.3 is 4.90 Å². The topological polar surface area (TPSA) is 40.6 Å². The molecule has 3 aromatic rings. The first-order valence-corrected chi connectivity index (χ1v) is 10.2. The summed E-state index contributed by atoms with van der Waals surface area (Å²) in [5.41, 5.74) is 6.69. The maximum atomic E-state index is 13.8. The van der Waals surface area contributed by atoms with E-state index < -0.39 is 6.04 Å². The minimum absolute atomic E-state index is 0.0271. The SMILES string of the molecule is Cc1ccc([C@H]2C(=O)N(c3cccc(C)c3C)CC(=O)N2c2ccc(C)cc2)cc1. The van der Waals surface area contributed by atoms with Gasteiger partial charge in [0.25, 0.3) is 5.91 Å². The van der Waals surface area contributed by atoms with Crippen molar-refractivity contribution < 1.29 is 9.59 Å². The van der Waals surface area contributed by atoms with Gasteiger partial charge in [-0.3, -0.25) is 14.5 Å². The van der Waals surface area contributed by atoms with Gasteiger partial charge in [0.1, 0.15) is 12.6 Å². The lowest BCUT2D eigenvalue weighted by molar-refractivity contribution is -0.128. The first kappa shape index (κ1) is 19.9. The van der Waals surface area contributed by atoms with Gasteiger partial charge in [-0.15, -0.1) is 0 Å². The smallest absolute Gasteiger partial charge is 0.255 e. The molecule has 1 aliphatic rings. The average molecular weight is 399 g/mol. The fraction of sp³-hybridized carbons (Fsp3) is 0.231. The second-order valence-electron chi connectivity index (χ2n) is 8.06. The van der Waals surface area contributed by atoms with Gasteiger partial charge in [0.15, 0.2) is 0 Å². The number of hydrogen-bond acceptors (Lipinski definition) is 2. The second-order valence-corrected chi connectivity index (χ2v) is 8.06. The Balaban J connectivity index is 1.84. The predicted octanol–water partition coefficient (Wildman–Crippen LogP) is 5.04. The van der Waals surface area contributed by atoms with Crippen LogP contribution in [0.2, 0.25) is 0 Å². The van der Waals surface area contributed by atoms with Crippen LogP contribution in [0.3, 0.4) is 0 Å². The number of amides is 2. The third-order valence-corrected chi connectivity index (χ3v) is 5.89. The van der Waals surface area contributed by atoms with Gasteiger partial charge in [-0.2, -0.15) is 0 Å². The van der Waals surface area contributed by atoms with E-state index >= 15 is 0 Å². The van der Waals surface area contributed by atoms with Crippen LogP contribution in [-0.4, -0.2) is 18.4 Å². The summed E-state index contributed by atoms with van der Waals surface area (Å²) >= 11 is 0. The van der Waals surface area contributed by atoms with E-state index in [1.165, 1.54) is 0 Å². The standard InChI is InChI=1S/C26H26N2O2/c1-17-8-12-21(13-9-17)25-26(30)27(23-7-5-6-19(3)20(23)4)16-24(29)28(25)22-14-10-18(2)11-15-22/h5-15,25H,16H2,1-4H3/t25-/m0/s1. The molecule has 0 aliphatic carbocycles. The molecule has 4 nitrogen and oxygen atoms in total. The van der Waals surface area contributed by atoms with Gasteiger partial charge in [-0.25, -0.2) is 0 Å². The molecule has 3 aromatic carbocycles. The molecule has 0 radical (unpaired) electrons. The van der Waals surface area contributed by atoms with Crippen molar-refractivity contribution in [3.63, 3.8) is 0 Å². The Labute approximate surface area is 177 Å². The predicted molar refractivity (Wildman–Crippen MR) is 121 cm³/mol. The van der Waals surface area contributed by atoms with Crippen molar-refractivity contribution in [1.29, 1.82) is 0 Å².